The summed E-state index contributed by atoms with van der Waals surface area (Å²) in [6, 6.07) is 11.4. The van der Waals surface area contributed by atoms with Gasteiger partial charge in [0.15, 0.2) is 0 Å². The Morgan fingerprint density at radius 2 is 1.92 bits per heavy atom. The van der Waals surface area contributed by atoms with Gasteiger partial charge in [0, 0.05) is 11.1 Å². The molecule has 136 valence electrons. The minimum Gasteiger partial charge on any atom is -0.481 e. The lowest BCUT2D eigenvalue weighted by molar-refractivity contribution is -0.385. The van der Waals surface area contributed by atoms with Crippen LogP contribution in [0.2, 0.25) is 5.02 Å². The van der Waals surface area contributed by atoms with E-state index < -0.39 is 29.4 Å². The molecule has 0 fully saturated rings. The molecule has 0 spiro atoms. The summed E-state index contributed by atoms with van der Waals surface area (Å²) in [5, 5.41) is 22.8. The number of halogens is 1. The number of ether oxygens (including phenoxy) is 1. The zero-order valence-electron chi connectivity index (χ0n) is 13.4. The number of benzene rings is 2. The molecule has 2 aromatic rings. The van der Waals surface area contributed by atoms with E-state index in [-0.39, 0.29) is 22.9 Å². The molecular formula is C17H15ClN2O6. The van der Waals surface area contributed by atoms with Crippen molar-refractivity contribution in [2.24, 2.45) is 0 Å². The summed E-state index contributed by atoms with van der Waals surface area (Å²) < 4.78 is 5.05. The largest absolute Gasteiger partial charge is 0.481 e. The minimum absolute atomic E-state index is 0.0124. The van der Waals surface area contributed by atoms with Gasteiger partial charge in [-0.3, -0.25) is 14.9 Å². The van der Waals surface area contributed by atoms with Crippen LogP contribution in [0.15, 0.2) is 48.5 Å². The van der Waals surface area contributed by atoms with E-state index in [1.165, 1.54) is 12.1 Å². The minimum atomic E-state index is -1.24. The average molecular weight is 379 g/mol. The molecule has 0 heterocycles. The van der Waals surface area contributed by atoms with Crippen LogP contribution >= 0.6 is 11.6 Å². The molecule has 9 heteroatoms. The Hall–Kier alpha value is -3.13. The SMILES string of the molecule is O=C(O)C[C@H](NC(=O)OCc1ccccc1)c1cc(Cl)ccc1[N+](=O)[O-]. The molecule has 8 nitrogen and oxygen atoms in total. The molecular weight excluding hydrogens is 364 g/mol. The van der Waals surface area contributed by atoms with E-state index in [0.29, 0.717) is 0 Å². The molecule has 0 radical (unpaired) electrons. The quantitative estimate of drug-likeness (QED) is 0.560. The first-order chi connectivity index (χ1) is 12.4. The Morgan fingerprint density at radius 1 is 1.23 bits per heavy atom. The van der Waals surface area contributed by atoms with Crippen LogP contribution in [0, 0.1) is 10.1 Å². The molecule has 0 aliphatic rings. The molecule has 2 rings (SSSR count). The van der Waals surface area contributed by atoms with Crippen LogP contribution in [0.4, 0.5) is 10.5 Å². The van der Waals surface area contributed by atoms with Crippen LogP contribution in [-0.4, -0.2) is 22.1 Å². The van der Waals surface area contributed by atoms with Crippen molar-refractivity contribution in [2.75, 3.05) is 0 Å². The number of carboxylic acid groups (broad SMARTS) is 1. The lowest BCUT2D eigenvalue weighted by atomic mass is 10.0. The van der Waals surface area contributed by atoms with E-state index in [4.69, 9.17) is 21.4 Å². The van der Waals surface area contributed by atoms with Crippen LogP contribution in [-0.2, 0) is 16.1 Å². The summed E-state index contributed by atoms with van der Waals surface area (Å²) >= 11 is 5.87. The fraction of sp³-hybridized carbons (Fsp3) is 0.176. The lowest BCUT2D eigenvalue weighted by Crippen LogP contribution is -2.31. The van der Waals surface area contributed by atoms with Crippen molar-refractivity contribution in [3.8, 4) is 0 Å². The average Bonchev–Trinajstić information content (AvgIpc) is 2.59. The van der Waals surface area contributed by atoms with Crippen molar-refractivity contribution < 1.29 is 24.4 Å². The Kier molecular flexibility index (Phi) is 6.51. The van der Waals surface area contributed by atoms with Crippen molar-refractivity contribution in [1.29, 1.82) is 0 Å². The third-order valence-corrected chi connectivity index (χ3v) is 3.68. The van der Waals surface area contributed by atoms with Crippen LogP contribution in [0.5, 0.6) is 0 Å². The first-order valence-corrected chi connectivity index (χ1v) is 7.87. The van der Waals surface area contributed by atoms with Crippen molar-refractivity contribution in [3.63, 3.8) is 0 Å². The number of aliphatic carboxylic acids is 1. The third-order valence-electron chi connectivity index (χ3n) is 3.45. The van der Waals surface area contributed by atoms with Gasteiger partial charge in [0.25, 0.3) is 5.69 Å². The highest BCUT2D eigenvalue weighted by molar-refractivity contribution is 6.30. The highest BCUT2D eigenvalue weighted by atomic mass is 35.5. The number of nitrogens with one attached hydrogen (secondary N) is 1. The van der Waals surface area contributed by atoms with Crippen LogP contribution in [0.3, 0.4) is 0 Å². The van der Waals surface area contributed by atoms with Gasteiger partial charge in [0.2, 0.25) is 0 Å². The molecule has 2 N–H and O–H groups in total. The van der Waals surface area contributed by atoms with E-state index in [2.05, 4.69) is 5.32 Å². The third kappa shape index (κ3) is 5.45. The topological polar surface area (TPSA) is 119 Å². The Balaban J connectivity index is 2.17. The zero-order valence-corrected chi connectivity index (χ0v) is 14.2. The van der Waals surface area contributed by atoms with Crippen LogP contribution in [0.1, 0.15) is 23.6 Å². The van der Waals surface area contributed by atoms with E-state index in [1.807, 2.05) is 6.07 Å². The molecule has 0 saturated carbocycles. The number of amides is 1. The molecule has 0 aromatic heterocycles. The molecule has 0 bridgehead atoms. The van der Waals surface area contributed by atoms with Gasteiger partial charge in [-0.15, -0.1) is 0 Å². The number of rotatable bonds is 7. The fourth-order valence-corrected chi connectivity index (χ4v) is 2.47. The smallest absolute Gasteiger partial charge is 0.407 e. The van der Waals surface area contributed by atoms with Gasteiger partial charge in [-0.05, 0) is 17.7 Å². The molecule has 1 atom stereocenters. The number of nitro groups is 1. The number of nitro benzene ring substituents is 1. The molecule has 1 amide bonds. The van der Waals surface area contributed by atoms with Gasteiger partial charge in [-0.25, -0.2) is 4.79 Å². The maximum Gasteiger partial charge on any atom is 0.407 e. The summed E-state index contributed by atoms with van der Waals surface area (Å²) in [6.45, 7) is -0.0237. The maximum atomic E-state index is 12.0. The Bertz CT molecular complexity index is 812. The first kappa shape index (κ1) is 19.2. The summed E-state index contributed by atoms with van der Waals surface area (Å²) in [7, 11) is 0. The van der Waals surface area contributed by atoms with E-state index >= 15 is 0 Å². The number of carbonyl (C=O) groups excluding carboxylic acids is 1. The monoisotopic (exact) mass is 378 g/mol. The second-order valence-corrected chi connectivity index (χ2v) is 5.75. The van der Waals surface area contributed by atoms with E-state index in [9.17, 15) is 19.7 Å². The van der Waals surface area contributed by atoms with Gasteiger partial charge >= 0.3 is 12.1 Å². The Morgan fingerprint density at radius 3 is 2.54 bits per heavy atom. The van der Waals surface area contributed by atoms with Gasteiger partial charge < -0.3 is 15.2 Å². The second kappa shape index (κ2) is 8.82. The number of carbonyl (C=O) groups is 2. The first-order valence-electron chi connectivity index (χ1n) is 7.49. The summed E-state index contributed by atoms with van der Waals surface area (Å²) in [5.41, 5.74) is 0.386. The predicted octanol–water partition coefficient (Wildman–Crippen LogP) is 3.69. The second-order valence-electron chi connectivity index (χ2n) is 5.32. The summed E-state index contributed by atoms with van der Waals surface area (Å²) in [5.74, 6) is -1.24. The molecule has 0 unspecified atom stereocenters. The van der Waals surface area contributed by atoms with Crippen LogP contribution < -0.4 is 5.32 Å². The van der Waals surface area contributed by atoms with Gasteiger partial charge in [-0.1, -0.05) is 41.9 Å². The normalized spacial score (nSPS) is 11.4. The highest BCUT2D eigenvalue weighted by Crippen LogP contribution is 2.30. The van der Waals surface area contributed by atoms with Gasteiger partial charge in [0.1, 0.15) is 6.61 Å². The maximum absolute atomic E-state index is 12.0. The van der Waals surface area contributed by atoms with Crippen molar-refractivity contribution in [2.45, 2.75) is 19.1 Å². The van der Waals surface area contributed by atoms with E-state index in [1.54, 1.807) is 24.3 Å². The molecule has 2 aromatic carbocycles. The standard InChI is InChI=1S/C17H15ClN2O6/c18-12-6-7-15(20(24)25)13(8-12)14(9-16(21)22)19-17(23)26-10-11-4-2-1-3-5-11/h1-8,14H,9-10H2,(H,19,23)(H,21,22)/t14-/m0/s1. The summed E-state index contributed by atoms with van der Waals surface area (Å²) in [4.78, 5) is 33.7. The molecule has 26 heavy (non-hydrogen) atoms. The number of alkyl carbamates (subject to hydrolysis) is 1. The predicted molar refractivity (Wildman–Crippen MR) is 92.9 cm³/mol. The van der Waals surface area contributed by atoms with Crippen LogP contribution in [0.25, 0.3) is 0 Å². The highest BCUT2D eigenvalue weighted by Gasteiger charge is 2.26. The van der Waals surface area contributed by atoms with Crippen molar-refractivity contribution in [1.82, 2.24) is 5.32 Å². The van der Waals surface area contributed by atoms with Crippen molar-refractivity contribution >= 4 is 29.4 Å². The van der Waals surface area contributed by atoms with Gasteiger partial charge in [0.05, 0.1) is 22.9 Å². The number of nitrogens with zero attached hydrogens (tertiary/aromatic N) is 1. The number of hydrogen-bond donors (Lipinski definition) is 2. The molecule has 0 aliphatic heterocycles. The van der Waals surface area contributed by atoms with E-state index in [0.717, 1.165) is 11.6 Å². The number of hydrogen-bond acceptors (Lipinski definition) is 5. The zero-order chi connectivity index (χ0) is 19.1. The molecule has 0 aliphatic carbocycles. The van der Waals surface area contributed by atoms with Crippen molar-refractivity contribution in [3.05, 3.63) is 74.8 Å². The Labute approximate surface area is 153 Å². The molecule has 0 saturated heterocycles. The summed E-state index contributed by atoms with van der Waals surface area (Å²) in [6.07, 6.45) is -1.46. The number of carboxylic acids is 1. The van der Waals surface area contributed by atoms with Gasteiger partial charge in [-0.2, -0.15) is 0 Å². The lowest BCUT2D eigenvalue weighted by Gasteiger charge is -2.17. The fourth-order valence-electron chi connectivity index (χ4n) is 2.29.